The minimum atomic E-state index is -0.160. The fourth-order valence-electron chi connectivity index (χ4n) is 1.81. The molecule has 0 aliphatic heterocycles. The molecule has 1 unspecified atom stereocenters. The number of hydrogen-bond donors (Lipinski definition) is 2. The Labute approximate surface area is 131 Å². The van der Waals surface area contributed by atoms with Gasteiger partial charge in [0.15, 0.2) is 0 Å². The summed E-state index contributed by atoms with van der Waals surface area (Å²) in [5.41, 5.74) is 0.685. The van der Waals surface area contributed by atoms with Crippen LogP contribution < -0.4 is 10.3 Å². The number of aromatic amines is 1. The fraction of sp³-hybridized carbons (Fsp3) is 0.429. The summed E-state index contributed by atoms with van der Waals surface area (Å²) in [6.45, 7) is 8.48. The van der Waals surface area contributed by atoms with Gasteiger partial charge in [0.2, 0.25) is 0 Å². The molecule has 0 aliphatic carbocycles. The molecule has 2 rings (SSSR count). The van der Waals surface area contributed by atoms with E-state index in [0.29, 0.717) is 5.39 Å². The molecule has 4 nitrogen and oxygen atoms in total. The first-order chi connectivity index (χ1) is 9.28. The Kier molecular flexibility index (Phi) is 4.56. The highest BCUT2D eigenvalue weighted by Crippen LogP contribution is 2.27. The number of H-pyrrole nitrogens is 1. The van der Waals surface area contributed by atoms with E-state index in [2.05, 4.69) is 51.6 Å². The summed E-state index contributed by atoms with van der Waals surface area (Å²) < 4.78 is 4.44. The molecule has 0 saturated carbocycles. The molecule has 108 valence electrons. The second-order valence-electron chi connectivity index (χ2n) is 5.68. The molecule has 0 amide bonds. The molecule has 1 aromatic heterocycles. The van der Waals surface area contributed by atoms with Crippen LogP contribution in [-0.4, -0.2) is 14.9 Å². The van der Waals surface area contributed by atoms with Gasteiger partial charge in [-0.1, -0.05) is 27.9 Å². The van der Waals surface area contributed by atoms with Gasteiger partial charge in [0.25, 0.3) is 5.56 Å². The number of hydrogen-bond acceptors (Lipinski definition) is 4. The van der Waals surface area contributed by atoms with E-state index in [0.717, 1.165) is 15.6 Å². The Hall–Kier alpha value is -0.850. The van der Waals surface area contributed by atoms with Crippen molar-refractivity contribution < 1.29 is 0 Å². The number of nitrogens with zero attached hydrogens (tertiary/aromatic N) is 1. The predicted molar refractivity (Wildman–Crippen MR) is 89.0 cm³/mol. The molecule has 0 aliphatic rings. The van der Waals surface area contributed by atoms with Crippen LogP contribution in [0, 0.1) is 0 Å². The highest BCUT2D eigenvalue weighted by atomic mass is 79.9. The Morgan fingerprint density at radius 3 is 2.70 bits per heavy atom. The van der Waals surface area contributed by atoms with Crippen LogP contribution in [0.1, 0.15) is 39.4 Å². The summed E-state index contributed by atoms with van der Waals surface area (Å²) in [6, 6.07) is 5.65. The summed E-state index contributed by atoms with van der Waals surface area (Å²) in [7, 11) is 0. The van der Waals surface area contributed by atoms with Crippen molar-refractivity contribution in [3.05, 3.63) is 38.7 Å². The standard InChI is InChI=1S/C14H18BrN3OS/c1-8(18-20-14(2,3)4)12-11-7-9(15)5-6-10(11)13(19)17-16-12/h5-8,18H,1-4H3,(H,17,19). The van der Waals surface area contributed by atoms with E-state index in [-0.39, 0.29) is 16.3 Å². The van der Waals surface area contributed by atoms with Crippen molar-refractivity contribution >= 4 is 38.7 Å². The molecule has 6 heteroatoms. The van der Waals surface area contributed by atoms with Gasteiger partial charge in [-0.2, -0.15) is 5.10 Å². The van der Waals surface area contributed by atoms with Crippen molar-refractivity contribution in [1.29, 1.82) is 0 Å². The van der Waals surface area contributed by atoms with E-state index >= 15 is 0 Å². The second kappa shape index (κ2) is 5.87. The molecule has 1 atom stereocenters. The van der Waals surface area contributed by atoms with Crippen molar-refractivity contribution in [2.75, 3.05) is 0 Å². The number of aromatic nitrogens is 2. The zero-order valence-corrected chi connectivity index (χ0v) is 14.4. The lowest BCUT2D eigenvalue weighted by Gasteiger charge is -2.21. The van der Waals surface area contributed by atoms with E-state index in [1.165, 1.54) is 0 Å². The number of nitrogens with one attached hydrogen (secondary N) is 2. The van der Waals surface area contributed by atoms with Crippen molar-refractivity contribution in [1.82, 2.24) is 14.9 Å². The lowest BCUT2D eigenvalue weighted by atomic mass is 10.1. The largest absolute Gasteiger partial charge is 0.272 e. The Bertz CT molecular complexity index is 678. The van der Waals surface area contributed by atoms with Gasteiger partial charge in [0, 0.05) is 14.6 Å². The SMILES string of the molecule is CC(NSC(C)(C)C)c1n[nH]c(=O)c2ccc(Br)cc12. The summed E-state index contributed by atoms with van der Waals surface area (Å²) in [6.07, 6.45) is 0. The van der Waals surface area contributed by atoms with Gasteiger partial charge in [-0.3, -0.25) is 9.52 Å². The van der Waals surface area contributed by atoms with Crippen molar-refractivity contribution in [3.8, 4) is 0 Å². The van der Waals surface area contributed by atoms with Gasteiger partial charge in [0.05, 0.1) is 17.1 Å². The summed E-state index contributed by atoms with van der Waals surface area (Å²) >= 11 is 5.11. The van der Waals surface area contributed by atoms with E-state index in [4.69, 9.17) is 0 Å². The van der Waals surface area contributed by atoms with Crippen LogP contribution in [0.15, 0.2) is 27.5 Å². The molecule has 1 aromatic carbocycles. The highest BCUT2D eigenvalue weighted by Gasteiger charge is 2.17. The lowest BCUT2D eigenvalue weighted by molar-refractivity contribution is 0.694. The van der Waals surface area contributed by atoms with Crippen LogP contribution in [0.4, 0.5) is 0 Å². The van der Waals surface area contributed by atoms with Crippen LogP contribution in [0.5, 0.6) is 0 Å². The molecule has 0 fully saturated rings. The third kappa shape index (κ3) is 3.62. The molecular weight excluding hydrogens is 338 g/mol. The van der Waals surface area contributed by atoms with E-state index < -0.39 is 0 Å². The topological polar surface area (TPSA) is 57.8 Å². The maximum Gasteiger partial charge on any atom is 0.272 e. The number of halogens is 1. The van der Waals surface area contributed by atoms with Crippen LogP contribution in [0.3, 0.4) is 0 Å². The van der Waals surface area contributed by atoms with Crippen LogP contribution >= 0.6 is 27.9 Å². The van der Waals surface area contributed by atoms with E-state index in [1.807, 2.05) is 25.1 Å². The van der Waals surface area contributed by atoms with Crippen molar-refractivity contribution in [2.45, 2.75) is 38.5 Å². The molecule has 0 bridgehead atoms. The first-order valence-corrected chi connectivity index (χ1v) is 8.00. The normalized spacial score (nSPS) is 13.7. The minimum Gasteiger partial charge on any atom is -0.267 e. The van der Waals surface area contributed by atoms with Crippen LogP contribution in [-0.2, 0) is 0 Å². The Balaban J connectivity index is 2.41. The maximum absolute atomic E-state index is 11.8. The molecule has 0 saturated heterocycles. The molecule has 0 radical (unpaired) electrons. The number of rotatable bonds is 3. The third-order valence-electron chi connectivity index (χ3n) is 2.73. The molecule has 1 heterocycles. The highest BCUT2D eigenvalue weighted by molar-refractivity contribution is 9.10. The molecule has 2 aromatic rings. The third-order valence-corrected chi connectivity index (χ3v) is 4.31. The monoisotopic (exact) mass is 355 g/mol. The van der Waals surface area contributed by atoms with Crippen molar-refractivity contribution in [2.24, 2.45) is 0 Å². The minimum absolute atomic E-state index is 0.0351. The van der Waals surface area contributed by atoms with Crippen molar-refractivity contribution in [3.63, 3.8) is 0 Å². The van der Waals surface area contributed by atoms with E-state index in [1.54, 1.807) is 11.9 Å². The summed E-state index contributed by atoms with van der Waals surface area (Å²) in [5.74, 6) is 0. The molecule has 2 N–H and O–H groups in total. The fourth-order valence-corrected chi connectivity index (χ4v) is 2.81. The zero-order valence-electron chi connectivity index (χ0n) is 12.0. The van der Waals surface area contributed by atoms with Crippen LogP contribution in [0.2, 0.25) is 0 Å². The average molecular weight is 356 g/mol. The quantitative estimate of drug-likeness (QED) is 0.822. The maximum atomic E-state index is 11.8. The van der Waals surface area contributed by atoms with Gasteiger partial charge in [-0.25, -0.2) is 5.10 Å². The Morgan fingerprint density at radius 2 is 2.05 bits per heavy atom. The smallest absolute Gasteiger partial charge is 0.267 e. The average Bonchev–Trinajstić information content (AvgIpc) is 2.35. The predicted octanol–water partition coefficient (Wildman–Crippen LogP) is 3.78. The summed E-state index contributed by atoms with van der Waals surface area (Å²) in [4.78, 5) is 11.8. The zero-order chi connectivity index (χ0) is 14.9. The van der Waals surface area contributed by atoms with Gasteiger partial charge in [-0.05, 0) is 45.9 Å². The van der Waals surface area contributed by atoms with Gasteiger partial charge < -0.3 is 0 Å². The molecule has 20 heavy (non-hydrogen) atoms. The van der Waals surface area contributed by atoms with Gasteiger partial charge in [-0.15, -0.1) is 0 Å². The van der Waals surface area contributed by atoms with E-state index in [9.17, 15) is 4.79 Å². The molecule has 0 spiro atoms. The Morgan fingerprint density at radius 1 is 1.35 bits per heavy atom. The first-order valence-electron chi connectivity index (χ1n) is 6.39. The van der Waals surface area contributed by atoms with Crippen LogP contribution in [0.25, 0.3) is 10.8 Å². The summed E-state index contributed by atoms with van der Waals surface area (Å²) in [5, 5.41) is 8.32. The lowest BCUT2D eigenvalue weighted by Crippen LogP contribution is -2.22. The number of benzene rings is 1. The molecular formula is C14H18BrN3OS. The van der Waals surface area contributed by atoms with Gasteiger partial charge in [0.1, 0.15) is 0 Å². The first kappa shape index (κ1) is 15.5. The second-order valence-corrected chi connectivity index (χ2v) is 8.26. The van der Waals surface area contributed by atoms with Gasteiger partial charge >= 0.3 is 0 Å². The number of fused-ring (bicyclic) bond motifs is 1.